The first-order chi connectivity index (χ1) is 28.2. The summed E-state index contributed by atoms with van der Waals surface area (Å²) in [5.74, 6) is 1.53. The summed E-state index contributed by atoms with van der Waals surface area (Å²) >= 11 is 1.80. The highest BCUT2D eigenvalue weighted by Crippen LogP contribution is 2.44. The summed E-state index contributed by atoms with van der Waals surface area (Å²) in [5.41, 5.74) is 10.6. The number of nitrogens with zero attached hydrogens (tertiary/aromatic N) is 3. The van der Waals surface area contributed by atoms with Crippen LogP contribution in [0.2, 0.25) is 0 Å². The molecule has 5 nitrogen and oxygen atoms in total. The molecule has 0 radical (unpaired) electrons. The molecule has 0 amide bonds. The first-order valence-corrected chi connectivity index (χ1v) is 20.0. The minimum atomic E-state index is -0.249. The van der Waals surface area contributed by atoms with E-state index in [1.165, 1.54) is 42.0 Å². The van der Waals surface area contributed by atoms with Gasteiger partial charge in [-0.1, -0.05) is 140 Å². The Morgan fingerprint density at radius 3 is 2.02 bits per heavy atom. The Bertz CT molecular complexity index is 3390. The predicted octanol–water partition coefficient (Wildman–Crippen LogP) is 13.2. The van der Waals surface area contributed by atoms with E-state index in [1.807, 2.05) is 24.3 Å². The topological polar surface area (TPSA) is 54.8 Å². The van der Waals surface area contributed by atoms with Gasteiger partial charge in [-0.05, 0) is 47.5 Å². The maximum absolute atomic E-state index is 6.88. The third kappa shape index (κ3) is 5.08. The number of amidine groups is 2. The van der Waals surface area contributed by atoms with E-state index in [0.29, 0.717) is 5.84 Å². The van der Waals surface area contributed by atoms with Gasteiger partial charge in [0.15, 0.2) is 5.84 Å². The van der Waals surface area contributed by atoms with Crippen molar-refractivity contribution in [2.45, 2.75) is 6.17 Å². The zero-order valence-corrected chi connectivity index (χ0v) is 31.4. The van der Waals surface area contributed by atoms with E-state index in [9.17, 15) is 0 Å². The molecule has 0 saturated heterocycles. The zero-order chi connectivity index (χ0) is 37.5. The lowest BCUT2D eigenvalue weighted by molar-refractivity contribution is 0.670. The van der Waals surface area contributed by atoms with Crippen LogP contribution in [0.15, 0.2) is 196 Å². The van der Waals surface area contributed by atoms with Crippen molar-refractivity contribution in [3.05, 3.63) is 199 Å². The van der Waals surface area contributed by atoms with Gasteiger partial charge in [0, 0.05) is 70.2 Å². The molecule has 1 aliphatic heterocycles. The normalized spacial score (nSPS) is 14.5. The van der Waals surface area contributed by atoms with Gasteiger partial charge in [-0.2, -0.15) is 0 Å². The molecule has 1 atom stereocenters. The van der Waals surface area contributed by atoms with Crippen molar-refractivity contribution >= 4 is 86.9 Å². The molecule has 0 aliphatic carbocycles. The van der Waals surface area contributed by atoms with Crippen molar-refractivity contribution in [2.24, 2.45) is 9.98 Å². The summed E-state index contributed by atoms with van der Waals surface area (Å²) in [7, 11) is 0. The third-order valence-corrected chi connectivity index (χ3v) is 12.4. The Labute approximate surface area is 331 Å². The summed E-state index contributed by atoms with van der Waals surface area (Å²) in [6.07, 6.45) is -0.249. The van der Waals surface area contributed by atoms with E-state index < -0.39 is 0 Å². The van der Waals surface area contributed by atoms with Gasteiger partial charge >= 0.3 is 0 Å². The van der Waals surface area contributed by atoms with Crippen LogP contribution >= 0.6 is 11.3 Å². The van der Waals surface area contributed by atoms with Crippen LogP contribution in [-0.4, -0.2) is 16.2 Å². The lowest BCUT2D eigenvalue weighted by Crippen LogP contribution is -2.33. The van der Waals surface area contributed by atoms with E-state index in [0.717, 1.165) is 61.3 Å². The van der Waals surface area contributed by atoms with Gasteiger partial charge in [0.05, 0.1) is 11.0 Å². The second kappa shape index (κ2) is 12.6. The van der Waals surface area contributed by atoms with Gasteiger partial charge in [0.1, 0.15) is 23.2 Å². The first kappa shape index (κ1) is 32.0. The van der Waals surface area contributed by atoms with Crippen molar-refractivity contribution in [3.8, 4) is 16.8 Å². The molecule has 1 aliphatic rings. The van der Waals surface area contributed by atoms with Crippen molar-refractivity contribution in [2.75, 3.05) is 0 Å². The standard InChI is InChI=1S/C51H32N4OS/c1-3-13-31(14-4-1)49-52-50(32-15-5-2-6-16-32)54-51(53-49)33-25-27-41-46(29-33)57-45-24-12-19-38(47(41)45)40-21-11-20-39-37-28-26-34(30-44(37)56-48(39)40)55-42-22-9-7-17-35(42)36-18-8-10-23-43(36)55/h1-30,49H,(H,52,53,54). The van der Waals surface area contributed by atoms with Crippen molar-refractivity contribution in [1.82, 2.24) is 9.88 Å². The molecule has 1 N–H and O–H groups in total. The van der Waals surface area contributed by atoms with E-state index in [2.05, 4.69) is 168 Å². The Morgan fingerprint density at radius 2 is 1.21 bits per heavy atom. The highest BCUT2D eigenvalue weighted by molar-refractivity contribution is 7.26. The van der Waals surface area contributed by atoms with Crippen LogP contribution in [0.4, 0.5) is 0 Å². The number of fused-ring (bicyclic) bond motifs is 9. The SMILES string of the molecule is c1ccc(C2=NC(c3ccc4c(c3)sc3cccc(-c5cccc6c5oc5cc(-n7c8ccccc8c8ccccc87)ccc56)c34)=NC(c3ccccc3)N2)cc1. The van der Waals surface area contributed by atoms with Gasteiger partial charge in [-0.25, -0.2) is 9.98 Å². The average Bonchev–Trinajstić information content (AvgIpc) is 3.96. The molecule has 3 aromatic heterocycles. The first-order valence-electron chi connectivity index (χ1n) is 19.2. The maximum atomic E-state index is 6.88. The number of hydrogen-bond donors (Lipinski definition) is 1. The van der Waals surface area contributed by atoms with E-state index in [4.69, 9.17) is 14.4 Å². The number of thiophene rings is 1. The molecule has 0 bridgehead atoms. The van der Waals surface area contributed by atoms with E-state index >= 15 is 0 Å². The van der Waals surface area contributed by atoms with Crippen LogP contribution in [0.25, 0.3) is 80.7 Å². The Kier molecular flexibility index (Phi) is 7.09. The van der Waals surface area contributed by atoms with Crippen molar-refractivity contribution in [1.29, 1.82) is 0 Å². The average molecular weight is 749 g/mol. The Balaban J connectivity index is 0.985. The quantitative estimate of drug-likeness (QED) is 0.191. The molecule has 1 unspecified atom stereocenters. The summed E-state index contributed by atoms with van der Waals surface area (Å²) in [5, 5.41) is 10.7. The summed E-state index contributed by atoms with van der Waals surface area (Å²) in [6.45, 7) is 0. The predicted molar refractivity (Wildman–Crippen MR) is 238 cm³/mol. The van der Waals surface area contributed by atoms with Crippen LogP contribution < -0.4 is 5.32 Å². The molecule has 57 heavy (non-hydrogen) atoms. The molecule has 4 heterocycles. The number of rotatable bonds is 5. The minimum absolute atomic E-state index is 0.249. The molecule has 6 heteroatoms. The third-order valence-electron chi connectivity index (χ3n) is 11.3. The van der Waals surface area contributed by atoms with Crippen LogP contribution in [0, 0.1) is 0 Å². The van der Waals surface area contributed by atoms with Gasteiger partial charge in [0.2, 0.25) is 0 Å². The molecular weight excluding hydrogens is 717 g/mol. The zero-order valence-electron chi connectivity index (χ0n) is 30.6. The molecule has 0 fully saturated rings. The Hall–Kier alpha value is -7.28. The fraction of sp³-hybridized carbons (Fsp3) is 0.0196. The van der Waals surface area contributed by atoms with E-state index in [1.54, 1.807) is 11.3 Å². The summed E-state index contributed by atoms with van der Waals surface area (Å²) in [6, 6.07) is 64.3. The lowest BCUT2D eigenvalue weighted by atomic mass is 9.97. The van der Waals surface area contributed by atoms with Gasteiger partial charge in [-0.3, -0.25) is 0 Å². The highest BCUT2D eigenvalue weighted by Gasteiger charge is 2.23. The Morgan fingerprint density at radius 1 is 0.526 bits per heavy atom. The number of benzene rings is 8. The number of aliphatic imine (C=N–C) groups is 2. The van der Waals surface area contributed by atoms with Gasteiger partial charge in [0.25, 0.3) is 0 Å². The minimum Gasteiger partial charge on any atom is -0.455 e. The van der Waals surface area contributed by atoms with Crippen LogP contribution in [0.1, 0.15) is 22.9 Å². The number of aromatic nitrogens is 1. The lowest BCUT2D eigenvalue weighted by Gasteiger charge is -2.23. The van der Waals surface area contributed by atoms with Gasteiger partial charge in [-0.15, -0.1) is 11.3 Å². The molecule has 268 valence electrons. The van der Waals surface area contributed by atoms with E-state index in [-0.39, 0.29) is 6.17 Å². The molecule has 12 rings (SSSR count). The molecule has 8 aromatic carbocycles. The molecular formula is C51H32N4OS. The second-order valence-corrected chi connectivity index (χ2v) is 15.6. The molecule has 0 saturated carbocycles. The number of para-hydroxylation sites is 3. The molecule has 0 spiro atoms. The fourth-order valence-electron chi connectivity index (χ4n) is 8.66. The van der Waals surface area contributed by atoms with Gasteiger partial charge < -0.3 is 14.3 Å². The monoisotopic (exact) mass is 748 g/mol. The van der Waals surface area contributed by atoms with Crippen molar-refractivity contribution < 1.29 is 4.42 Å². The van der Waals surface area contributed by atoms with Crippen LogP contribution in [0.3, 0.4) is 0 Å². The summed E-state index contributed by atoms with van der Waals surface area (Å²) < 4.78 is 11.6. The highest BCUT2D eigenvalue weighted by atomic mass is 32.1. The smallest absolute Gasteiger partial charge is 0.159 e. The largest absolute Gasteiger partial charge is 0.455 e. The fourth-order valence-corrected chi connectivity index (χ4v) is 9.83. The van der Waals surface area contributed by atoms with Crippen LogP contribution in [-0.2, 0) is 0 Å². The number of hydrogen-bond acceptors (Lipinski definition) is 5. The number of nitrogens with one attached hydrogen (secondary N) is 1. The number of furan rings is 1. The van der Waals surface area contributed by atoms with Crippen LogP contribution in [0.5, 0.6) is 0 Å². The maximum Gasteiger partial charge on any atom is 0.159 e. The second-order valence-electron chi connectivity index (χ2n) is 14.6. The molecule has 11 aromatic rings. The van der Waals surface area contributed by atoms with Crippen molar-refractivity contribution in [3.63, 3.8) is 0 Å². The summed E-state index contributed by atoms with van der Waals surface area (Å²) in [4.78, 5) is 10.2.